The fourth-order valence-electron chi connectivity index (χ4n) is 2.35. The second-order valence-corrected chi connectivity index (χ2v) is 6.20. The highest BCUT2D eigenvalue weighted by Gasteiger charge is 2.18. The largest absolute Gasteiger partial charge is 0.496 e. The van der Waals surface area contributed by atoms with E-state index in [9.17, 15) is 4.79 Å². The SMILES string of the molecule is C=C(C)Cc1c(C)nn(C(=O)c2ccc(OC)c(Br)c2)c1C. The lowest BCUT2D eigenvalue weighted by atomic mass is 10.1. The lowest BCUT2D eigenvalue weighted by Crippen LogP contribution is -2.15. The Morgan fingerprint density at radius 2 is 2.09 bits per heavy atom. The minimum atomic E-state index is -0.156. The molecule has 1 heterocycles. The number of hydrogen-bond donors (Lipinski definition) is 0. The number of rotatable bonds is 4. The van der Waals surface area contributed by atoms with E-state index in [2.05, 4.69) is 27.6 Å². The van der Waals surface area contributed by atoms with Crippen molar-refractivity contribution in [3.8, 4) is 5.75 Å². The molecule has 0 atom stereocenters. The molecule has 2 aromatic rings. The summed E-state index contributed by atoms with van der Waals surface area (Å²) in [4.78, 5) is 12.7. The van der Waals surface area contributed by atoms with Crippen molar-refractivity contribution < 1.29 is 9.53 Å². The predicted molar refractivity (Wildman–Crippen MR) is 90.6 cm³/mol. The van der Waals surface area contributed by atoms with Crippen molar-refractivity contribution in [2.24, 2.45) is 0 Å². The number of aromatic nitrogens is 2. The van der Waals surface area contributed by atoms with Crippen LogP contribution in [0.15, 0.2) is 34.8 Å². The first kappa shape index (κ1) is 16.5. The molecule has 0 unspecified atom stereocenters. The molecular formula is C17H19BrN2O2. The third-order valence-electron chi connectivity index (χ3n) is 3.51. The summed E-state index contributed by atoms with van der Waals surface area (Å²) in [6, 6.07) is 5.24. The molecule has 0 N–H and O–H groups in total. The van der Waals surface area contributed by atoms with Gasteiger partial charge in [0.25, 0.3) is 5.91 Å². The topological polar surface area (TPSA) is 44.1 Å². The predicted octanol–water partition coefficient (Wildman–Crippen LogP) is 4.08. The maximum absolute atomic E-state index is 12.7. The highest BCUT2D eigenvalue weighted by molar-refractivity contribution is 9.10. The van der Waals surface area contributed by atoms with Crippen LogP contribution in [0.5, 0.6) is 5.75 Å². The zero-order valence-corrected chi connectivity index (χ0v) is 14.8. The Morgan fingerprint density at radius 1 is 1.41 bits per heavy atom. The highest BCUT2D eigenvalue weighted by atomic mass is 79.9. The molecular weight excluding hydrogens is 344 g/mol. The van der Waals surface area contributed by atoms with Crippen LogP contribution >= 0.6 is 15.9 Å². The number of benzene rings is 1. The van der Waals surface area contributed by atoms with Crippen molar-refractivity contribution in [3.63, 3.8) is 0 Å². The summed E-state index contributed by atoms with van der Waals surface area (Å²) in [7, 11) is 1.59. The maximum atomic E-state index is 12.7. The maximum Gasteiger partial charge on any atom is 0.278 e. The van der Waals surface area contributed by atoms with Gasteiger partial charge in [0.15, 0.2) is 0 Å². The zero-order valence-electron chi connectivity index (χ0n) is 13.2. The van der Waals surface area contributed by atoms with Crippen LogP contribution < -0.4 is 4.74 Å². The molecule has 0 saturated carbocycles. The quantitative estimate of drug-likeness (QED) is 0.769. The molecule has 0 amide bonds. The van der Waals surface area contributed by atoms with E-state index in [1.165, 1.54) is 4.68 Å². The molecule has 5 heteroatoms. The molecule has 22 heavy (non-hydrogen) atoms. The van der Waals surface area contributed by atoms with Crippen molar-refractivity contribution in [2.75, 3.05) is 7.11 Å². The number of nitrogens with zero attached hydrogens (tertiary/aromatic N) is 2. The van der Waals surface area contributed by atoms with Gasteiger partial charge in [0.05, 0.1) is 17.3 Å². The molecule has 4 nitrogen and oxygen atoms in total. The molecule has 1 aromatic heterocycles. The number of ether oxygens (including phenoxy) is 1. The van der Waals surface area contributed by atoms with Crippen LogP contribution in [-0.4, -0.2) is 22.8 Å². The second kappa shape index (κ2) is 6.48. The van der Waals surface area contributed by atoms with Gasteiger partial charge in [0.1, 0.15) is 5.75 Å². The first-order valence-electron chi connectivity index (χ1n) is 6.92. The fourth-order valence-corrected chi connectivity index (χ4v) is 2.89. The van der Waals surface area contributed by atoms with Crippen LogP contribution in [0.1, 0.15) is 34.2 Å². The molecule has 0 fully saturated rings. The monoisotopic (exact) mass is 362 g/mol. The average Bonchev–Trinajstić information content (AvgIpc) is 2.74. The standard InChI is InChI=1S/C17H19BrN2O2/c1-10(2)8-14-11(3)19-20(12(14)4)17(21)13-6-7-16(22-5)15(18)9-13/h6-7,9H,1,8H2,2-5H3. The van der Waals surface area contributed by atoms with Gasteiger partial charge in [-0.1, -0.05) is 12.2 Å². The summed E-state index contributed by atoms with van der Waals surface area (Å²) in [6.07, 6.45) is 0.733. The van der Waals surface area contributed by atoms with Gasteiger partial charge >= 0.3 is 0 Å². The molecule has 0 radical (unpaired) electrons. The Morgan fingerprint density at radius 3 is 2.64 bits per heavy atom. The average molecular weight is 363 g/mol. The van der Waals surface area contributed by atoms with Gasteiger partial charge in [-0.3, -0.25) is 4.79 Å². The van der Waals surface area contributed by atoms with Gasteiger partial charge in [-0.2, -0.15) is 5.10 Å². The Hall–Kier alpha value is -1.88. The van der Waals surface area contributed by atoms with Gasteiger partial charge in [0.2, 0.25) is 0 Å². The van der Waals surface area contributed by atoms with Gasteiger partial charge < -0.3 is 4.74 Å². The summed E-state index contributed by atoms with van der Waals surface area (Å²) < 4.78 is 7.39. The number of allylic oxidation sites excluding steroid dienone is 1. The van der Waals surface area contributed by atoms with E-state index >= 15 is 0 Å². The Labute approximate surface area is 138 Å². The lowest BCUT2D eigenvalue weighted by molar-refractivity contribution is 0.0942. The van der Waals surface area contributed by atoms with Crippen molar-refractivity contribution in [1.82, 2.24) is 9.78 Å². The lowest BCUT2D eigenvalue weighted by Gasteiger charge is -2.07. The summed E-state index contributed by atoms with van der Waals surface area (Å²) in [5, 5.41) is 4.39. The van der Waals surface area contributed by atoms with E-state index in [-0.39, 0.29) is 5.91 Å². The Kier molecular flexibility index (Phi) is 4.86. The van der Waals surface area contributed by atoms with Crippen LogP contribution in [0.25, 0.3) is 0 Å². The third-order valence-corrected chi connectivity index (χ3v) is 4.13. The van der Waals surface area contributed by atoms with E-state index in [0.29, 0.717) is 11.3 Å². The number of carbonyl (C=O) groups excluding carboxylic acids is 1. The first-order valence-corrected chi connectivity index (χ1v) is 7.72. The van der Waals surface area contributed by atoms with Crippen molar-refractivity contribution in [3.05, 3.63) is 57.3 Å². The van der Waals surface area contributed by atoms with E-state index in [4.69, 9.17) is 4.74 Å². The minimum Gasteiger partial charge on any atom is -0.496 e. The number of methoxy groups -OCH3 is 1. The van der Waals surface area contributed by atoms with E-state index in [1.807, 2.05) is 20.8 Å². The number of aryl methyl sites for hydroxylation is 1. The first-order chi connectivity index (χ1) is 10.3. The van der Waals surface area contributed by atoms with Crippen LogP contribution in [-0.2, 0) is 6.42 Å². The molecule has 0 spiro atoms. The molecule has 0 saturated heterocycles. The molecule has 0 bridgehead atoms. The van der Waals surface area contributed by atoms with Crippen LogP contribution in [0, 0.1) is 13.8 Å². The van der Waals surface area contributed by atoms with Gasteiger partial charge in [-0.05, 0) is 61.3 Å². The van der Waals surface area contributed by atoms with Crippen molar-refractivity contribution in [2.45, 2.75) is 27.2 Å². The van der Waals surface area contributed by atoms with Crippen LogP contribution in [0.3, 0.4) is 0 Å². The molecule has 0 aliphatic rings. The number of carbonyl (C=O) groups is 1. The Balaban J connectivity index is 2.42. The molecule has 0 aliphatic heterocycles. The van der Waals surface area contributed by atoms with E-state index < -0.39 is 0 Å². The number of halogens is 1. The molecule has 0 aliphatic carbocycles. The summed E-state index contributed by atoms with van der Waals surface area (Å²) in [6.45, 7) is 9.73. The van der Waals surface area contributed by atoms with Crippen molar-refractivity contribution in [1.29, 1.82) is 0 Å². The summed E-state index contributed by atoms with van der Waals surface area (Å²) >= 11 is 3.40. The van der Waals surface area contributed by atoms with Gasteiger partial charge in [0, 0.05) is 16.8 Å². The Bertz CT molecular complexity index is 747. The molecule has 2 rings (SSSR count). The van der Waals surface area contributed by atoms with E-state index in [1.54, 1.807) is 25.3 Å². The zero-order chi connectivity index (χ0) is 16.4. The molecule has 1 aromatic carbocycles. The van der Waals surface area contributed by atoms with Gasteiger partial charge in [-0.25, -0.2) is 4.68 Å². The smallest absolute Gasteiger partial charge is 0.278 e. The highest BCUT2D eigenvalue weighted by Crippen LogP contribution is 2.26. The van der Waals surface area contributed by atoms with Crippen LogP contribution in [0.2, 0.25) is 0 Å². The van der Waals surface area contributed by atoms with E-state index in [0.717, 1.165) is 33.4 Å². The normalized spacial score (nSPS) is 10.6. The molecule has 116 valence electrons. The summed E-state index contributed by atoms with van der Waals surface area (Å²) in [5.74, 6) is 0.532. The third kappa shape index (κ3) is 3.14. The summed E-state index contributed by atoms with van der Waals surface area (Å²) in [5.41, 5.74) is 4.39. The fraction of sp³-hybridized carbons (Fsp3) is 0.294. The van der Waals surface area contributed by atoms with Gasteiger partial charge in [-0.15, -0.1) is 0 Å². The van der Waals surface area contributed by atoms with Crippen LogP contribution in [0.4, 0.5) is 0 Å². The number of hydrogen-bond acceptors (Lipinski definition) is 3. The van der Waals surface area contributed by atoms with Crippen molar-refractivity contribution >= 4 is 21.8 Å². The minimum absolute atomic E-state index is 0.156. The second-order valence-electron chi connectivity index (χ2n) is 5.35.